The minimum Gasteiger partial charge on any atom is -0.457 e. The third-order valence-corrected chi connectivity index (χ3v) is 6.66. The van der Waals surface area contributed by atoms with Gasteiger partial charge in [-0.1, -0.05) is 54.1 Å². The molecule has 8 heteroatoms. The van der Waals surface area contributed by atoms with Crippen molar-refractivity contribution >= 4 is 27.6 Å². The lowest BCUT2D eigenvalue weighted by Gasteiger charge is -2.35. The van der Waals surface area contributed by atoms with E-state index in [1.54, 1.807) is 13.8 Å². The van der Waals surface area contributed by atoms with Crippen LogP contribution in [0.1, 0.15) is 31.4 Å². The van der Waals surface area contributed by atoms with Gasteiger partial charge in [0.15, 0.2) is 0 Å². The van der Waals surface area contributed by atoms with Crippen LogP contribution in [-0.2, 0) is 27.6 Å². The van der Waals surface area contributed by atoms with Gasteiger partial charge in [0, 0.05) is 11.6 Å². The number of nitrogens with two attached hydrogens (primary N) is 1. The zero-order valence-corrected chi connectivity index (χ0v) is 18.2. The highest BCUT2D eigenvalue weighted by molar-refractivity contribution is 7.91. The molecule has 0 aliphatic carbocycles. The summed E-state index contributed by atoms with van der Waals surface area (Å²) in [6.45, 7) is 3.67. The Bertz CT molecular complexity index is 913. The molecule has 1 atom stereocenters. The van der Waals surface area contributed by atoms with E-state index in [9.17, 15) is 8.42 Å². The van der Waals surface area contributed by atoms with Gasteiger partial charge in [-0.15, -0.1) is 4.40 Å². The van der Waals surface area contributed by atoms with Gasteiger partial charge in [0.2, 0.25) is 0 Å². The van der Waals surface area contributed by atoms with E-state index >= 15 is 0 Å². The molecule has 158 valence electrons. The minimum atomic E-state index is -3.64. The Balaban J connectivity index is 0.000000234. The third-order valence-electron chi connectivity index (χ3n) is 4.52. The summed E-state index contributed by atoms with van der Waals surface area (Å²) < 4.78 is 32.9. The van der Waals surface area contributed by atoms with Crippen LogP contribution in [0, 0.1) is 0 Å². The number of halogens is 1. The van der Waals surface area contributed by atoms with E-state index in [2.05, 4.69) is 4.40 Å². The van der Waals surface area contributed by atoms with Crippen molar-refractivity contribution in [1.82, 2.24) is 0 Å². The van der Waals surface area contributed by atoms with Crippen LogP contribution in [0.2, 0.25) is 5.02 Å². The van der Waals surface area contributed by atoms with Gasteiger partial charge in [-0.25, -0.2) is 8.42 Å². The molecule has 2 aromatic rings. The predicted molar refractivity (Wildman–Crippen MR) is 116 cm³/mol. The Hall–Kier alpha value is -2.09. The number of hydrogen-bond acceptors (Lipinski definition) is 5. The maximum Gasteiger partial charge on any atom is 0.298 e. The highest BCUT2D eigenvalue weighted by Crippen LogP contribution is 2.29. The Kier molecular flexibility index (Phi) is 8.07. The van der Waals surface area contributed by atoms with Crippen LogP contribution in [-0.4, -0.2) is 37.0 Å². The summed E-state index contributed by atoms with van der Waals surface area (Å²) in [5.41, 5.74) is 6.66. The molecular weight excluding hydrogens is 412 g/mol. The van der Waals surface area contributed by atoms with Crippen LogP contribution in [0.4, 0.5) is 0 Å². The Morgan fingerprint density at radius 1 is 1.10 bits per heavy atom. The maximum absolute atomic E-state index is 12.1. The van der Waals surface area contributed by atoms with Crippen molar-refractivity contribution in [2.24, 2.45) is 10.1 Å². The second kappa shape index (κ2) is 10.1. The summed E-state index contributed by atoms with van der Waals surface area (Å²) >= 11 is 5.70. The molecule has 0 radical (unpaired) electrons. The molecule has 1 aliphatic rings. The van der Waals surface area contributed by atoms with Crippen molar-refractivity contribution in [3.63, 3.8) is 0 Å². The first-order valence-corrected chi connectivity index (χ1v) is 11.2. The molecule has 0 bridgehead atoms. The maximum atomic E-state index is 12.1. The van der Waals surface area contributed by atoms with E-state index < -0.39 is 20.9 Å². The van der Waals surface area contributed by atoms with Crippen molar-refractivity contribution in [1.29, 1.82) is 0 Å². The monoisotopic (exact) mass is 438 g/mol. The number of nitrogens with zero attached hydrogens (tertiary/aromatic N) is 1. The number of aliphatic hydroxyl groups excluding tert-OH is 1. The van der Waals surface area contributed by atoms with Crippen molar-refractivity contribution in [2.75, 3.05) is 6.61 Å². The summed E-state index contributed by atoms with van der Waals surface area (Å²) in [6, 6.07) is 16.8. The molecule has 0 amide bonds. The number of rotatable bonds is 5. The molecule has 0 aromatic heterocycles. The molecule has 0 saturated heterocycles. The van der Waals surface area contributed by atoms with Crippen LogP contribution >= 0.6 is 11.6 Å². The van der Waals surface area contributed by atoms with Gasteiger partial charge in [-0.05, 0) is 56.4 Å². The fourth-order valence-electron chi connectivity index (χ4n) is 3.02. The topological polar surface area (TPSA) is 102 Å². The summed E-state index contributed by atoms with van der Waals surface area (Å²) in [4.78, 5) is 0. The highest BCUT2D eigenvalue weighted by atomic mass is 35.5. The molecule has 0 spiro atoms. The van der Waals surface area contributed by atoms with Gasteiger partial charge < -0.3 is 15.6 Å². The number of hydrogen-bond donors (Lipinski definition) is 2. The second-order valence-electron chi connectivity index (χ2n) is 7.28. The fraction of sp³-hybridized carbons (Fsp3) is 0.381. The molecule has 1 heterocycles. The van der Waals surface area contributed by atoms with Crippen LogP contribution in [0.15, 0.2) is 59.0 Å². The summed E-state index contributed by atoms with van der Waals surface area (Å²) in [5.74, 6) is 0. The number of aryl methyl sites for hydroxylation is 1. The van der Waals surface area contributed by atoms with Crippen molar-refractivity contribution in [2.45, 2.75) is 44.0 Å². The number of benzene rings is 2. The third kappa shape index (κ3) is 7.03. The summed E-state index contributed by atoms with van der Waals surface area (Å²) in [5, 5.41) is 8.58. The lowest BCUT2D eigenvalue weighted by atomic mass is 9.98. The molecule has 0 saturated carbocycles. The van der Waals surface area contributed by atoms with Crippen molar-refractivity contribution in [3.05, 3.63) is 70.7 Å². The predicted octanol–water partition coefficient (Wildman–Crippen LogP) is 3.32. The molecule has 29 heavy (non-hydrogen) atoms. The molecule has 3 N–H and O–H groups in total. The van der Waals surface area contributed by atoms with E-state index in [1.165, 1.54) is 5.56 Å². The molecule has 1 aliphatic heterocycles. The first-order valence-electron chi connectivity index (χ1n) is 9.31. The fourth-order valence-corrected chi connectivity index (χ4v) is 4.72. The van der Waals surface area contributed by atoms with E-state index in [-0.39, 0.29) is 12.6 Å². The SMILES string of the molecule is CC1(C)OC(N)=NS(=O)(=O)C1Cc1ccccc1.OCCCc1ccc(Cl)cc1. The summed E-state index contributed by atoms with van der Waals surface area (Å²) in [7, 11) is -3.64. The standard InChI is InChI=1S/C12H16N2O3S.C9H11ClO/c1-12(2)10(8-9-6-4-3-5-7-9)18(15,16)14-11(13)17-12;10-9-5-3-8(4-6-9)2-1-7-11/h3-7,10H,8H2,1-2H3,(H2,13,14);3-6,11H,1-2,7H2. The van der Waals surface area contributed by atoms with Gasteiger partial charge in [0.25, 0.3) is 16.0 Å². The minimum absolute atomic E-state index is 0.253. The van der Waals surface area contributed by atoms with Gasteiger partial charge in [0.1, 0.15) is 10.9 Å². The van der Waals surface area contributed by atoms with Crippen LogP contribution < -0.4 is 5.73 Å². The van der Waals surface area contributed by atoms with E-state index in [1.807, 2.05) is 54.6 Å². The zero-order chi connectivity index (χ0) is 21.5. The summed E-state index contributed by atoms with van der Waals surface area (Å²) in [6.07, 6.45) is 2.10. The van der Waals surface area contributed by atoms with Crippen molar-refractivity contribution < 1.29 is 18.3 Å². The number of ether oxygens (including phenoxy) is 1. The van der Waals surface area contributed by atoms with Crippen LogP contribution in [0.5, 0.6) is 0 Å². The zero-order valence-electron chi connectivity index (χ0n) is 16.6. The van der Waals surface area contributed by atoms with Crippen LogP contribution in [0.25, 0.3) is 0 Å². The Morgan fingerprint density at radius 3 is 2.28 bits per heavy atom. The first-order chi connectivity index (χ1) is 13.6. The van der Waals surface area contributed by atoms with Gasteiger partial charge in [0.05, 0.1) is 0 Å². The second-order valence-corrected chi connectivity index (χ2v) is 9.50. The average molecular weight is 439 g/mol. The molecule has 6 nitrogen and oxygen atoms in total. The lowest BCUT2D eigenvalue weighted by molar-refractivity contribution is 0.0826. The number of sulfonamides is 1. The van der Waals surface area contributed by atoms with Gasteiger partial charge in [-0.3, -0.25) is 0 Å². The largest absolute Gasteiger partial charge is 0.457 e. The van der Waals surface area contributed by atoms with E-state index in [0.29, 0.717) is 6.42 Å². The highest BCUT2D eigenvalue weighted by Gasteiger charge is 2.45. The average Bonchev–Trinajstić information content (AvgIpc) is 2.65. The Labute approximate surface area is 177 Å². The lowest BCUT2D eigenvalue weighted by Crippen LogP contribution is -2.51. The number of amidine groups is 1. The molecule has 3 rings (SSSR count). The molecule has 0 fully saturated rings. The van der Waals surface area contributed by atoms with E-state index in [0.717, 1.165) is 23.4 Å². The quantitative estimate of drug-likeness (QED) is 0.745. The molecule has 1 unspecified atom stereocenters. The molecular formula is C21H27ClN2O4S. The van der Waals surface area contributed by atoms with Gasteiger partial charge in [-0.2, -0.15) is 0 Å². The van der Waals surface area contributed by atoms with Gasteiger partial charge >= 0.3 is 0 Å². The first kappa shape index (κ1) is 23.2. The smallest absolute Gasteiger partial charge is 0.298 e. The molecule has 2 aromatic carbocycles. The van der Waals surface area contributed by atoms with E-state index in [4.69, 9.17) is 27.2 Å². The normalized spacial score (nSPS) is 19.3. The number of aliphatic hydroxyl groups is 1. The van der Waals surface area contributed by atoms with Crippen LogP contribution in [0.3, 0.4) is 0 Å². The van der Waals surface area contributed by atoms with Crippen molar-refractivity contribution in [3.8, 4) is 0 Å². The Morgan fingerprint density at radius 2 is 1.72 bits per heavy atom.